The Morgan fingerprint density at radius 3 is 2.56 bits per heavy atom. The van der Waals surface area contributed by atoms with Crippen molar-refractivity contribution in [3.8, 4) is 0 Å². The van der Waals surface area contributed by atoms with Gasteiger partial charge in [0, 0.05) is 11.9 Å². The van der Waals surface area contributed by atoms with Crippen molar-refractivity contribution < 1.29 is 0 Å². The van der Waals surface area contributed by atoms with Crippen molar-refractivity contribution in [3.05, 3.63) is 58.9 Å². The highest BCUT2D eigenvalue weighted by molar-refractivity contribution is 5.48. The van der Waals surface area contributed by atoms with Crippen LogP contribution < -0.4 is 5.32 Å². The number of pyridine rings is 1. The lowest BCUT2D eigenvalue weighted by Gasteiger charge is -2.09. The van der Waals surface area contributed by atoms with Gasteiger partial charge in [0.05, 0.1) is 12.2 Å². The minimum Gasteiger partial charge on any atom is -0.379 e. The Hall–Kier alpha value is -1.83. The maximum absolute atomic E-state index is 4.39. The van der Waals surface area contributed by atoms with Crippen LogP contribution in [0.5, 0.6) is 0 Å². The lowest BCUT2D eigenvalue weighted by Crippen LogP contribution is -2.02. The van der Waals surface area contributed by atoms with Crippen molar-refractivity contribution in [2.45, 2.75) is 33.7 Å². The van der Waals surface area contributed by atoms with E-state index in [4.69, 9.17) is 0 Å². The number of benzene rings is 1. The molecule has 0 spiro atoms. The minimum absolute atomic E-state index is 0.769. The van der Waals surface area contributed by atoms with Crippen molar-refractivity contribution in [2.75, 3.05) is 5.32 Å². The number of aryl methyl sites for hydroxylation is 3. The number of hydrogen-bond acceptors (Lipinski definition) is 2. The lowest BCUT2D eigenvalue weighted by atomic mass is 10.1. The standard InChI is InChI=1S/C16H20N2/c1-4-14-6-8-15(9-13(14)3)18-11-16-7-5-12(2)10-17-16/h5-10,18H,4,11H2,1-3H3. The molecule has 94 valence electrons. The zero-order chi connectivity index (χ0) is 13.0. The van der Waals surface area contributed by atoms with Gasteiger partial charge in [-0.25, -0.2) is 0 Å². The van der Waals surface area contributed by atoms with Gasteiger partial charge >= 0.3 is 0 Å². The van der Waals surface area contributed by atoms with E-state index < -0.39 is 0 Å². The van der Waals surface area contributed by atoms with E-state index in [0.29, 0.717) is 0 Å². The number of hydrogen-bond donors (Lipinski definition) is 1. The Morgan fingerprint density at radius 1 is 1.11 bits per heavy atom. The molecule has 0 saturated carbocycles. The zero-order valence-corrected chi connectivity index (χ0v) is 11.3. The van der Waals surface area contributed by atoms with Crippen LogP contribution in [0, 0.1) is 13.8 Å². The van der Waals surface area contributed by atoms with Crippen LogP contribution in [0.4, 0.5) is 5.69 Å². The summed E-state index contributed by atoms with van der Waals surface area (Å²) in [6.07, 6.45) is 2.99. The van der Waals surface area contributed by atoms with E-state index in [1.54, 1.807) is 0 Å². The molecule has 0 radical (unpaired) electrons. The first-order valence-electron chi connectivity index (χ1n) is 6.44. The highest BCUT2D eigenvalue weighted by Gasteiger charge is 1.99. The Bertz CT molecular complexity index is 515. The maximum Gasteiger partial charge on any atom is 0.0594 e. The van der Waals surface area contributed by atoms with Crippen LogP contribution in [0.1, 0.15) is 29.3 Å². The SMILES string of the molecule is CCc1ccc(NCc2ccc(C)cn2)cc1C. The molecule has 0 aliphatic carbocycles. The molecule has 18 heavy (non-hydrogen) atoms. The zero-order valence-electron chi connectivity index (χ0n) is 11.3. The van der Waals surface area contributed by atoms with Gasteiger partial charge in [-0.3, -0.25) is 4.98 Å². The van der Waals surface area contributed by atoms with Gasteiger partial charge in [-0.2, -0.15) is 0 Å². The topological polar surface area (TPSA) is 24.9 Å². The van der Waals surface area contributed by atoms with Crippen LogP contribution in [-0.2, 0) is 13.0 Å². The molecule has 0 fully saturated rings. The second-order valence-corrected chi connectivity index (χ2v) is 4.68. The predicted octanol–water partition coefficient (Wildman–Crippen LogP) is 3.87. The Balaban J connectivity index is 2.02. The first-order valence-corrected chi connectivity index (χ1v) is 6.44. The fraction of sp³-hybridized carbons (Fsp3) is 0.312. The Labute approximate surface area is 109 Å². The molecule has 2 rings (SSSR count). The smallest absolute Gasteiger partial charge is 0.0594 e. The summed E-state index contributed by atoms with van der Waals surface area (Å²) in [4.78, 5) is 4.39. The molecule has 0 unspecified atom stereocenters. The summed E-state index contributed by atoms with van der Waals surface area (Å²) >= 11 is 0. The molecule has 1 aromatic carbocycles. The van der Waals surface area contributed by atoms with Crippen LogP contribution in [-0.4, -0.2) is 4.98 Å². The summed E-state index contributed by atoms with van der Waals surface area (Å²) in [7, 11) is 0. The quantitative estimate of drug-likeness (QED) is 0.877. The lowest BCUT2D eigenvalue weighted by molar-refractivity contribution is 1.03. The van der Waals surface area contributed by atoms with Gasteiger partial charge in [0.1, 0.15) is 0 Å². The van der Waals surface area contributed by atoms with Crippen molar-refractivity contribution >= 4 is 5.69 Å². The number of aromatic nitrogens is 1. The highest BCUT2D eigenvalue weighted by Crippen LogP contribution is 2.16. The number of nitrogens with zero attached hydrogens (tertiary/aromatic N) is 1. The van der Waals surface area contributed by atoms with E-state index in [9.17, 15) is 0 Å². The second kappa shape index (κ2) is 5.67. The number of nitrogens with one attached hydrogen (secondary N) is 1. The first kappa shape index (κ1) is 12.6. The van der Waals surface area contributed by atoms with E-state index >= 15 is 0 Å². The fourth-order valence-corrected chi connectivity index (χ4v) is 2.00. The van der Waals surface area contributed by atoms with E-state index in [-0.39, 0.29) is 0 Å². The van der Waals surface area contributed by atoms with Gasteiger partial charge in [-0.05, 0) is 55.2 Å². The Kier molecular flexibility index (Phi) is 3.98. The molecule has 0 saturated heterocycles. The van der Waals surface area contributed by atoms with Crippen LogP contribution >= 0.6 is 0 Å². The second-order valence-electron chi connectivity index (χ2n) is 4.68. The summed E-state index contributed by atoms with van der Waals surface area (Å²) in [5.74, 6) is 0. The van der Waals surface area contributed by atoms with E-state index in [1.165, 1.54) is 16.7 Å². The molecule has 1 heterocycles. The summed E-state index contributed by atoms with van der Waals surface area (Å²) < 4.78 is 0. The van der Waals surface area contributed by atoms with Gasteiger partial charge < -0.3 is 5.32 Å². The average Bonchev–Trinajstić information content (AvgIpc) is 2.38. The summed E-state index contributed by atoms with van der Waals surface area (Å²) in [5.41, 5.74) is 6.18. The van der Waals surface area contributed by atoms with Gasteiger partial charge in [0.15, 0.2) is 0 Å². The van der Waals surface area contributed by atoms with E-state index in [2.05, 4.69) is 61.4 Å². The van der Waals surface area contributed by atoms with Crippen LogP contribution in [0.25, 0.3) is 0 Å². The van der Waals surface area contributed by atoms with E-state index in [1.807, 2.05) is 6.20 Å². The monoisotopic (exact) mass is 240 g/mol. The summed E-state index contributed by atoms with van der Waals surface area (Å²) in [6, 6.07) is 10.7. The van der Waals surface area contributed by atoms with Crippen molar-refractivity contribution in [1.29, 1.82) is 0 Å². The van der Waals surface area contributed by atoms with Crippen molar-refractivity contribution in [2.24, 2.45) is 0 Å². The molecule has 1 aromatic heterocycles. The fourth-order valence-electron chi connectivity index (χ4n) is 2.00. The molecule has 1 N–H and O–H groups in total. The molecular formula is C16H20N2. The predicted molar refractivity (Wildman–Crippen MR) is 76.9 cm³/mol. The average molecular weight is 240 g/mol. The normalized spacial score (nSPS) is 10.4. The molecular weight excluding hydrogens is 220 g/mol. The third-order valence-electron chi connectivity index (χ3n) is 3.17. The van der Waals surface area contributed by atoms with Gasteiger partial charge in [0.2, 0.25) is 0 Å². The molecule has 0 bridgehead atoms. The molecule has 2 heteroatoms. The minimum atomic E-state index is 0.769. The largest absolute Gasteiger partial charge is 0.379 e. The molecule has 0 aliphatic rings. The molecule has 2 nitrogen and oxygen atoms in total. The summed E-state index contributed by atoms with van der Waals surface area (Å²) in [5, 5.41) is 3.41. The van der Waals surface area contributed by atoms with Gasteiger partial charge in [-0.1, -0.05) is 19.1 Å². The van der Waals surface area contributed by atoms with Crippen molar-refractivity contribution in [1.82, 2.24) is 4.98 Å². The molecule has 0 atom stereocenters. The molecule has 0 aliphatic heterocycles. The third kappa shape index (κ3) is 3.10. The van der Waals surface area contributed by atoms with Crippen LogP contribution in [0.2, 0.25) is 0 Å². The Morgan fingerprint density at radius 2 is 1.94 bits per heavy atom. The molecule has 2 aromatic rings. The molecule has 0 amide bonds. The van der Waals surface area contributed by atoms with Crippen LogP contribution in [0.15, 0.2) is 36.5 Å². The third-order valence-corrected chi connectivity index (χ3v) is 3.17. The number of rotatable bonds is 4. The van der Waals surface area contributed by atoms with Crippen LogP contribution in [0.3, 0.4) is 0 Å². The van der Waals surface area contributed by atoms with Gasteiger partial charge in [0.25, 0.3) is 0 Å². The van der Waals surface area contributed by atoms with Crippen molar-refractivity contribution in [3.63, 3.8) is 0 Å². The highest BCUT2D eigenvalue weighted by atomic mass is 14.9. The maximum atomic E-state index is 4.39. The number of anilines is 1. The summed E-state index contributed by atoms with van der Waals surface area (Å²) in [6.45, 7) is 7.17. The van der Waals surface area contributed by atoms with E-state index in [0.717, 1.165) is 24.3 Å². The first-order chi connectivity index (χ1) is 8.69. The van der Waals surface area contributed by atoms with Gasteiger partial charge in [-0.15, -0.1) is 0 Å².